The zero-order valence-corrected chi connectivity index (χ0v) is 13.4. The third-order valence-corrected chi connectivity index (χ3v) is 3.82. The van der Waals surface area contributed by atoms with E-state index in [0.29, 0.717) is 0 Å². The van der Waals surface area contributed by atoms with Gasteiger partial charge in [-0.15, -0.1) is 0 Å². The maximum absolute atomic E-state index is 10.5. The predicted molar refractivity (Wildman–Crippen MR) is 88.0 cm³/mol. The molecule has 1 aliphatic heterocycles. The Hall–Kier alpha value is -3.22. The molecule has 0 amide bonds. The molecule has 0 radical (unpaired) electrons. The standard InChI is InChI=1S/C17H13N2.C2HF3O2/c1-2-5-13(6-3-1)12-19-10-9-14-11-18-15-7-4-8-16(19)17(14)15;3-2(4,5)1(6)7/h1-11H,12H2;(H,6,7)/q+1;/p-1. The predicted octanol–water partition coefficient (Wildman–Crippen LogP) is 2.54. The van der Waals surface area contributed by atoms with Gasteiger partial charge in [-0.2, -0.15) is 17.7 Å². The molecule has 132 valence electrons. The van der Waals surface area contributed by atoms with Gasteiger partial charge in [-0.05, 0) is 6.07 Å². The Morgan fingerprint density at radius 1 is 1.04 bits per heavy atom. The van der Waals surface area contributed by atoms with E-state index >= 15 is 0 Å². The van der Waals surface area contributed by atoms with Crippen LogP contribution in [-0.4, -0.2) is 18.4 Å². The smallest absolute Gasteiger partial charge is 0.430 e. The van der Waals surface area contributed by atoms with Crippen LogP contribution in [0, 0.1) is 0 Å². The fourth-order valence-electron chi connectivity index (χ4n) is 2.67. The van der Waals surface area contributed by atoms with Crippen molar-refractivity contribution < 1.29 is 27.6 Å². The Labute approximate surface area is 146 Å². The first-order valence-electron chi connectivity index (χ1n) is 7.67. The summed E-state index contributed by atoms with van der Waals surface area (Å²) in [6, 6.07) is 19.0. The van der Waals surface area contributed by atoms with Crippen LogP contribution in [0.4, 0.5) is 18.9 Å². The third-order valence-electron chi connectivity index (χ3n) is 3.82. The first-order chi connectivity index (χ1) is 12.4. The number of pyridine rings is 1. The molecular weight excluding hydrogens is 345 g/mol. The van der Waals surface area contributed by atoms with Gasteiger partial charge in [0.1, 0.15) is 5.97 Å². The Morgan fingerprint density at radius 3 is 2.38 bits per heavy atom. The average Bonchev–Trinajstić information content (AvgIpc) is 3.03. The number of benzene rings is 2. The van der Waals surface area contributed by atoms with E-state index in [1.165, 1.54) is 22.0 Å². The second kappa shape index (κ2) is 6.95. The van der Waals surface area contributed by atoms with Crippen LogP contribution in [0.2, 0.25) is 0 Å². The van der Waals surface area contributed by atoms with Gasteiger partial charge >= 0.3 is 6.18 Å². The monoisotopic (exact) mass is 358 g/mol. The van der Waals surface area contributed by atoms with Gasteiger partial charge in [-0.25, -0.2) is 0 Å². The van der Waals surface area contributed by atoms with E-state index in [1.807, 2.05) is 6.21 Å². The molecule has 0 unspecified atom stereocenters. The lowest BCUT2D eigenvalue weighted by atomic mass is 10.1. The number of alkyl halides is 3. The van der Waals surface area contributed by atoms with Crippen LogP contribution in [0.5, 0.6) is 0 Å². The molecule has 1 aliphatic rings. The summed E-state index contributed by atoms with van der Waals surface area (Å²) in [7, 11) is 0. The zero-order valence-electron chi connectivity index (χ0n) is 13.4. The average molecular weight is 358 g/mol. The summed E-state index contributed by atoms with van der Waals surface area (Å²) >= 11 is 0. The number of hydrogen-bond acceptors (Lipinski definition) is 3. The maximum atomic E-state index is 10.5. The van der Waals surface area contributed by atoms with E-state index in [2.05, 4.69) is 70.4 Å². The minimum atomic E-state index is -5.19. The Bertz CT molecular complexity index is 971. The van der Waals surface area contributed by atoms with Crippen molar-refractivity contribution in [1.82, 2.24) is 0 Å². The number of aliphatic imine (C=N–C) groups is 1. The first kappa shape index (κ1) is 17.6. The van der Waals surface area contributed by atoms with Gasteiger partial charge in [0.25, 0.3) is 0 Å². The van der Waals surface area contributed by atoms with Crippen molar-refractivity contribution in [3.8, 4) is 0 Å². The van der Waals surface area contributed by atoms with Crippen molar-refractivity contribution in [3.05, 3.63) is 71.9 Å². The van der Waals surface area contributed by atoms with Crippen molar-refractivity contribution in [2.24, 2.45) is 4.99 Å². The third kappa shape index (κ3) is 3.72. The fourth-order valence-corrected chi connectivity index (χ4v) is 2.67. The molecule has 0 saturated heterocycles. The number of aliphatic carboxylic acids is 1. The highest BCUT2D eigenvalue weighted by molar-refractivity contribution is 6.08. The highest BCUT2D eigenvalue weighted by Gasteiger charge is 2.28. The Balaban J connectivity index is 0.000000242. The number of carboxylic acids is 1. The van der Waals surface area contributed by atoms with Crippen molar-refractivity contribution in [2.75, 3.05) is 0 Å². The molecule has 0 spiro atoms. The summed E-state index contributed by atoms with van der Waals surface area (Å²) in [4.78, 5) is 13.2. The maximum Gasteiger partial charge on any atom is 0.430 e. The number of halogens is 3. The first-order valence-corrected chi connectivity index (χ1v) is 7.67. The van der Waals surface area contributed by atoms with Gasteiger partial charge in [0.15, 0.2) is 12.7 Å². The summed E-state index contributed by atoms with van der Waals surface area (Å²) in [5.74, 6) is -3.01. The normalized spacial score (nSPS) is 12.0. The lowest BCUT2D eigenvalue weighted by Crippen LogP contribution is -2.37. The lowest BCUT2D eigenvalue weighted by Gasteiger charge is -2.03. The van der Waals surface area contributed by atoms with E-state index in [9.17, 15) is 13.2 Å². The number of hydrogen-bond donors (Lipinski definition) is 0. The summed E-state index contributed by atoms with van der Waals surface area (Å²) in [5, 5.41) is 10.0. The van der Waals surface area contributed by atoms with Crippen LogP contribution >= 0.6 is 0 Å². The molecule has 1 aromatic heterocycles. The van der Waals surface area contributed by atoms with Gasteiger partial charge in [-0.3, -0.25) is 4.99 Å². The molecule has 0 atom stereocenters. The summed E-state index contributed by atoms with van der Waals surface area (Å²) < 4.78 is 33.8. The van der Waals surface area contributed by atoms with Crippen molar-refractivity contribution in [1.29, 1.82) is 0 Å². The second-order valence-corrected chi connectivity index (χ2v) is 5.60. The van der Waals surface area contributed by atoms with Crippen LogP contribution in [-0.2, 0) is 11.3 Å². The van der Waals surface area contributed by atoms with Gasteiger partial charge < -0.3 is 9.90 Å². The van der Waals surface area contributed by atoms with Crippen LogP contribution in [0.15, 0.2) is 65.8 Å². The number of nitrogens with zero attached hydrogens (tertiary/aromatic N) is 2. The quantitative estimate of drug-likeness (QED) is 0.517. The van der Waals surface area contributed by atoms with E-state index in [4.69, 9.17) is 9.90 Å². The number of rotatable bonds is 2. The molecule has 0 N–H and O–H groups in total. The molecule has 4 nitrogen and oxygen atoms in total. The molecule has 3 aromatic rings. The molecular formula is C19H13F3N2O2. The van der Waals surface area contributed by atoms with Gasteiger partial charge in [0.05, 0.1) is 11.1 Å². The second-order valence-electron chi connectivity index (χ2n) is 5.60. The number of aromatic nitrogens is 1. The number of carbonyl (C=O) groups is 1. The topological polar surface area (TPSA) is 56.4 Å². The van der Waals surface area contributed by atoms with Crippen molar-refractivity contribution in [3.63, 3.8) is 0 Å². The van der Waals surface area contributed by atoms with E-state index < -0.39 is 12.1 Å². The zero-order chi connectivity index (χ0) is 18.7. The van der Waals surface area contributed by atoms with Crippen LogP contribution in [0.1, 0.15) is 11.1 Å². The highest BCUT2D eigenvalue weighted by atomic mass is 19.4. The highest BCUT2D eigenvalue weighted by Crippen LogP contribution is 2.30. The molecule has 0 bridgehead atoms. The van der Waals surface area contributed by atoms with E-state index in [0.717, 1.165) is 12.2 Å². The van der Waals surface area contributed by atoms with E-state index in [1.54, 1.807) is 0 Å². The fraction of sp³-hybridized carbons (Fsp3) is 0.105. The molecule has 2 heterocycles. The SMILES string of the molecule is C1=Nc2cccc3c2c1cc[n+]3Cc1ccccc1.O=C([O-])C(F)(F)F. The minimum absolute atomic E-state index is 0.890. The summed E-state index contributed by atoms with van der Waals surface area (Å²) in [5.41, 5.74) is 4.85. The summed E-state index contributed by atoms with van der Waals surface area (Å²) in [6.45, 7) is 0.890. The van der Waals surface area contributed by atoms with Gasteiger partial charge in [0.2, 0.25) is 5.52 Å². The van der Waals surface area contributed by atoms with Gasteiger partial charge in [0, 0.05) is 29.5 Å². The van der Waals surface area contributed by atoms with Crippen LogP contribution in [0.3, 0.4) is 0 Å². The molecule has 0 aliphatic carbocycles. The van der Waals surface area contributed by atoms with Crippen LogP contribution in [0.25, 0.3) is 10.9 Å². The van der Waals surface area contributed by atoms with Crippen molar-refractivity contribution >= 4 is 28.8 Å². The molecule has 26 heavy (non-hydrogen) atoms. The minimum Gasteiger partial charge on any atom is -0.542 e. The number of carboxylic acid groups (broad SMARTS) is 1. The van der Waals surface area contributed by atoms with E-state index in [-0.39, 0.29) is 0 Å². The van der Waals surface area contributed by atoms with Crippen LogP contribution < -0.4 is 9.67 Å². The Kier molecular flexibility index (Phi) is 4.71. The summed E-state index contributed by atoms with van der Waals surface area (Å²) in [6.07, 6.45) is -1.10. The van der Waals surface area contributed by atoms with Crippen molar-refractivity contribution in [2.45, 2.75) is 12.7 Å². The molecule has 0 fully saturated rings. The molecule has 2 aromatic carbocycles. The molecule has 7 heteroatoms. The molecule has 4 rings (SSSR count). The Morgan fingerprint density at radius 2 is 1.73 bits per heavy atom. The van der Waals surface area contributed by atoms with Gasteiger partial charge in [-0.1, -0.05) is 36.4 Å². The largest absolute Gasteiger partial charge is 0.542 e. The molecule has 0 saturated carbocycles. The number of carbonyl (C=O) groups excluding carboxylic acids is 1. The lowest BCUT2D eigenvalue weighted by molar-refractivity contribution is -0.662.